The minimum Gasteiger partial charge on any atom is -0.369 e. The van der Waals surface area contributed by atoms with Crippen LogP contribution in [0.1, 0.15) is 22.6 Å². The van der Waals surface area contributed by atoms with Gasteiger partial charge >= 0.3 is 0 Å². The van der Waals surface area contributed by atoms with Crippen LogP contribution in [-0.2, 0) is 11.2 Å². The standard InChI is InChI=1S/C16H14N2O/c17-11-13-7-4-8-14(9-13)15(16(18)19)10-12-5-2-1-3-6-12/h1-9,15H,10H2,(H2,18,19)/t15-/m1/s1. The molecule has 2 rings (SSSR count). The lowest BCUT2D eigenvalue weighted by Gasteiger charge is -2.14. The average molecular weight is 250 g/mol. The molecule has 1 amide bonds. The molecule has 1 atom stereocenters. The third-order valence-corrected chi connectivity index (χ3v) is 3.04. The van der Waals surface area contributed by atoms with Crippen LogP contribution in [0.15, 0.2) is 54.6 Å². The van der Waals surface area contributed by atoms with E-state index >= 15 is 0 Å². The maximum atomic E-state index is 11.6. The molecule has 0 saturated heterocycles. The van der Waals surface area contributed by atoms with E-state index in [-0.39, 0.29) is 5.91 Å². The van der Waals surface area contributed by atoms with E-state index in [1.54, 1.807) is 18.2 Å². The van der Waals surface area contributed by atoms with Gasteiger partial charge in [0.1, 0.15) is 0 Å². The minimum atomic E-state index is -0.407. The number of amides is 1. The molecule has 2 aromatic carbocycles. The van der Waals surface area contributed by atoms with Crippen molar-refractivity contribution in [2.24, 2.45) is 5.73 Å². The van der Waals surface area contributed by atoms with Crippen LogP contribution in [0.5, 0.6) is 0 Å². The van der Waals surface area contributed by atoms with Gasteiger partial charge in [-0.2, -0.15) is 5.26 Å². The summed E-state index contributed by atoms with van der Waals surface area (Å²) in [5.74, 6) is -0.783. The van der Waals surface area contributed by atoms with E-state index in [1.807, 2.05) is 36.4 Å². The highest BCUT2D eigenvalue weighted by Gasteiger charge is 2.18. The van der Waals surface area contributed by atoms with Crippen LogP contribution in [-0.4, -0.2) is 5.91 Å². The van der Waals surface area contributed by atoms with Gasteiger partial charge in [0, 0.05) is 0 Å². The zero-order valence-corrected chi connectivity index (χ0v) is 10.4. The minimum absolute atomic E-state index is 0.376. The van der Waals surface area contributed by atoms with E-state index in [9.17, 15) is 4.79 Å². The molecule has 3 heteroatoms. The predicted octanol–water partition coefficient (Wildman–Crippen LogP) is 2.37. The Hall–Kier alpha value is -2.60. The number of rotatable bonds is 4. The smallest absolute Gasteiger partial charge is 0.225 e. The predicted molar refractivity (Wildman–Crippen MR) is 73.2 cm³/mol. The Morgan fingerprint density at radius 1 is 1.16 bits per heavy atom. The van der Waals surface area contributed by atoms with Crippen molar-refractivity contribution in [2.75, 3.05) is 0 Å². The van der Waals surface area contributed by atoms with Crippen molar-refractivity contribution in [3.63, 3.8) is 0 Å². The summed E-state index contributed by atoms with van der Waals surface area (Å²) in [5.41, 5.74) is 7.86. The molecule has 2 N–H and O–H groups in total. The Kier molecular flexibility index (Phi) is 3.94. The third kappa shape index (κ3) is 3.20. The lowest BCUT2D eigenvalue weighted by molar-refractivity contribution is -0.119. The van der Waals surface area contributed by atoms with E-state index in [4.69, 9.17) is 11.0 Å². The van der Waals surface area contributed by atoms with Crippen LogP contribution in [0.25, 0.3) is 0 Å². The fourth-order valence-electron chi connectivity index (χ4n) is 2.06. The highest BCUT2D eigenvalue weighted by molar-refractivity contribution is 5.82. The van der Waals surface area contributed by atoms with Crippen LogP contribution in [0, 0.1) is 11.3 Å². The van der Waals surface area contributed by atoms with Crippen LogP contribution in [0.2, 0.25) is 0 Å². The molecule has 94 valence electrons. The summed E-state index contributed by atoms with van der Waals surface area (Å²) in [5, 5.41) is 8.91. The number of carbonyl (C=O) groups is 1. The lowest BCUT2D eigenvalue weighted by Crippen LogP contribution is -2.23. The SMILES string of the molecule is N#Cc1cccc([C@@H](Cc2ccccc2)C(N)=O)c1. The highest BCUT2D eigenvalue weighted by Crippen LogP contribution is 2.21. The van der Waals surface area contributed by atoms with Crippen LogP contribution in [0.4, 0.5) is 0 Å². The number of carbonyl (C=O) groups excluding carboxylic acids is 1. The molecule has 0 bridgehead atoms. The molecule has 0 spiro atoms. The van der Waals surface area contributed by atoms with E-state index in [0.717, 1.165) is 11.1 Å². The molecule has 2 aromatic rings. The summed E-state index contributed by atoms with van der Waals surface area (Å²) in [6.07, 6.45) is 0.547. The maximum Gasteiger partial charge on any atom is 0.225 e. The van der Waals surface area contributed by atoms with E-state index in [0.29, 0.717) is 12.0 Å². The van der Waals surface area contributed by atoms with Gasteiger partial charge in [-0.3, -0.25) is 4.79 Å². The first-order valence-electron chi connectivity index (χ1n) is 6.04. The topological polar surface area (TPSA) is 66.9 Å². The zero-order valence-electron chi connectivity index (χ0n) is 10.4. The summed E-state index contributed by atoms with van der Waals surface area (Å²) in [4.78, 5) is 11.6. The molecule has 0 saturated carbocycles. The van der Waals surface area contributed by atoms with Crippen molar-refractivity contribution in [3.05, 3.63) is 71.3 Å². The average Bonchev–Trinajstić information content (AvgIpc) is 2.45. The van der Waals surface area contributed by atoms with Crippen molar-refractivity contribution in [1.82, 2.24) is 0 Å². The number of nitrogens with zero attached hydrogens (tertiary/aromatic N) is 1. The number of benzene rings is 2. The first-order valence-corrected chi connectivity index (χ1v) is 6.04. The summed E-state index contributed by atoms with van der Waals surface area (Å²) < 4.78 is 0. The molecule has 3 nitrogen and oxygen atoms in total. The van der Waals surface area contributed by atoms with Crippen molar-refractivity contribution in [1.29, 1.82) is 5.26 Å². The maximum absolute atomic E-state index is 11.6. The second-order valence-corrected chi connectivity index (χ2v) is 4.38. The van der Waals surface area contributed by atoms with Gasteiger partial charge in [-0.25, -0.2) is 0 Å². The van der Waals surface area contributed by atoms with Crippen molar-refractivity contribution in [3.8, 4) is 6.07 Å². The molecule has 0 unspecified atom stereocenters. The lowest BCUT2D eigenvalue weighted by atomic mass is 9.90. The fourth-order valence-corrected chi connectivity index (χ4v) is 2.06. The van der Waals surface area contributed by atoms with E-state index in [2.05, 4.69) is 6.07 Å². The fraction of sp³-hybridized carbons (Fsp3) is 0.125. The van der Waals surface area contributed by atoms with Crippen molar-refractivity contribution in [2.45, 2.75) is 12.3 Å². The summed E-state index contributed by atoms with van der Waals surface area (Å²) in [6.45, 7) is 0. The van der Waals surface area contributed by atoms with Crippen LogP contribution < -0.4 is 5.73 Å². The molecular weight excluding hydrogens is 236 g/mol. The molecule has 0 aliphatic rings. The van der Waals surface area contributed by atoms with Crippen LogP contribution in [0.3, 0.4) is 0 Å². The van der Waals surface area contributed by atoms with Crippen molar-refractivity contribution >= 4 is 5.91 Å². The summed E-state index contributed by atoms with van der Waals surface area (Å²) >= 11 is 0. The monoisotopic (exact) mass is 250 g/mol. The van der Waals surface area contributed by atoms with Gasteiger partial charge in [0.15, 0.2) is 0 Å². The molecule has 0 heterocycles. The summed E-state index contributed by atoms with van der Waals surface area (Å²) in [7, 11) is 0. The Labute approximate surface area is 112 Å². The molecule has 19 heavy (non-hydrogen) atoms. The Bertz CT molecular complexity index is 614. The van der Waals surface area contributed by atoms with Gasteiger partial charge in [-0.05, 0) is 29.7 Å². The second kappa shape index (κ2) is 5.83. The molecule has 0 aromatic heterocycles. The third-order valence-electron chi connectivity index (χ3n) is 3.04. The summed E-state index contributed by atoms with van der Waals surface area (Å²) in [6, 6.07) is 18.8. The second-order valence-electron chi connectivity index (χ2n) is 4.38. The quantitative estimate of drug-likeness (QED) is 0.905. The van der Waals surface area contributed by atoms with E-state index < -0.39 is 5.92 Å². The van der Waals surface area contributed by atoms with Gasteiger partial charge in [0.2, 0.25) is 5.91 Å². The molecule has 0 aliphatic heterocycles. The van der Waals surface area contributed by atoms with Gasteiger partial charge in [0.05, 0.1) is 17.6 Å². The first-order chi connectivity index (χ1) is 9.20. The number of primary amides is 1. The molecule has 0 radical (unpaired) electrons. The van der Waals surface area contributed by atoms with E-state index in [1.165, 1.54) is 0 Å². The normalized spacial score (nSPS) is 11.5. The van der Waals surface area contributed by atoms with Gasteiger partial charge < -0.3 is 5.73 Å². The first kappa shape index (κ1) is 12.8. The number of hydrogen-bond donors (Lipinski definition) is 1. The van der Waals surface area contributed by atoms with Crippen LogP contribution >= 0.6 is 0 Å². The molecular formula is C16H14N2O. The zero-order chi connectivity index (χ0) is 13.7. The molecule has 0 fully saturated rings. The highest BCUT2D eigenvalue weighted by atomic mass is 16.1. The largest absolute Gasteiger partial charge is 0.369 e. The Morgan fingerprint density at radius 3 is 2.53 bits per heavy atom. The van der Waals surface area contributed by atoms with Crippen molar-refractivity contribution < 1.29 is 4.79 Å². The molecule has 0 aliphatic carbocycles. The number of nitriles is 1. The van der Waals surface area contributed by atoms with Gasteiger partial charge in [0.25, 0.3) is 0 Å². The van der Waals surface area contributed by atoms with Gasteiger partial charge in [-0.1, -0.05) is 42.5 Å². The Morgan fingerprint density at radius 2 is 1.89 bits per heavy atom. The van der Waals surface area contributed by atoms with Gasteiger partial charge in [-0.15, -0.1) is 0 Å². The number of hydrogen-bond acceptors (Lipinski definition) is 2. The number of nitrogens with two attached hydrogens (primary N) is 1. The Balaban J connectivity index is 2.30.